The number of rotatable bonds is 0. The second-order valence-corrected chi connectivity index (χ2v) is 0. The molecule has 0 spiro atoms. The van der Waals surface area contributed by atoms with Gasteiger partial charge in [0.05, 0.1) is 0 Å². The molecular weight excluding hydrogens is 248 g/mol. The van der Waals surface area contributed by atoms with E-state index in [0.717, 1.165) is 0 Å². The molecule has 0 atom stereocenters. The van der Waals surface area contributed by atoms with Gasteiger partial charge in [-0.15, -0.1) is 0 Å². The monoisotopic (exact) mass is 258 g/mol. The van der Waals surface area contributed by atoms with Gasteiger partial charge < -0.3 is 5.48 Å². The van der Waals surface area contributed by atoms with Crippen LogP contribution in [0.3, 0.4) is 0 Å². The van der Waals surface area contributed by atoms with Gasteiger partial charge in [0.2, 0.25) is 0 Å². The van der Waals surface area contributed by atoms with Crippen molar-refractivity contribution in [2.75, 3.05) is 0 Å². The first-order valence-corrected chi connectivity index (χ1v) is 0. The molecule has 0 amide bonds. The molecule has 0 fully saturated rings. The molecule has 0 saturated heterocycles. The van der Waals surface area contributed by atoms with Crippen LogP contribution in [-0.2, 0) is 25.8 Å². The normalized spacial score (nSPS) is 0. The molecule has 0 aromatic carbocycles. The molecule has 0 saturated carbocycles. The van der Waals surface area contributed by atoms with Crippen molar-refractivity contribution < 1.29 is 31.3 Å². The molecule has 0 aliphatic rings. The Morgan fingerprint density at radius 3 is 0.750 bits per heavy atom. The third kappa shape index (κ3) is 9.09. The van der Waals surface area contributed by atoms with E-state index in [-0.39, 0.29) is 66.0 Å². The van der Waals surface area contributed by atoms with Crippen molar-refractivity contribution in [1.29, 1.82) is 0 Å². The molecule has 0 aromatic heterocycles. The van der Waals surface area contributed by atoms with E-state index in [0.29, 0.717) is 0 Å². The van der Waals surface area contributed by atoms with Gasteiger partial charge in [0, 0.05) is 25.8 Å². The molecule has 0 aliphatic heterocycles. The van der Waals surface area contributed by atoms with Crippen LogP contribution in [-0.4, -0.2) is 40.2 Å². The molecule has 0 unspecified atom stereocenters. The van der Waals surface area contributed by atoms with Crippen LogP contribution in [0.2, 0.25) is 0 Å². The van der Waals surface area contributed by atoms with E-state index < -0.39 is 0 Å². The Morgan fingerprint density at radius 1 is 0.750 bits per heavy atom. The largest absolute Gasteiger partial charge is 0.412 e. The molecule has 0 aliphatic carbocycles. The van der Waals surface area contributed by atoms with E-state index in [1.54, 1.807) is 0 Å². The Hall–Kier alpha value is 1.90. The molecule has 24 valence electrons. The molecule has 0 radical (unpaired) electrons. The second-order valence-electron chi connectivity index (χ2n) is 0. The van der Waals surface area contributed by atoms with Gasteiger partial charge in [-0.3, -0.25) is 0 Å². The molecule has 0 heterocycles. The summed E-state index contributed by atoms with van der Waals surface area (Å²) in [5.41, 5.74) is 0. The van der Waals surface area contributed by atoms with Crippen LogP contribution in [0.25, 0.3) is 0 Å². The first-order valence-electron chi connectivity index (χ1n) is 0. The van der Waals surface area contributed by atoms with E-state index in [9.17, 15) is 0 Å². The van der Waals surface area contributed by atoms with Crippen molar-refractivity contribution in [3.8, 4) is 0 Å². The maximum Gasteiger partial charge on any atom is 0.187 e. The van der Waals surface area contributed by atoms with Crippen molar-refractivity contribution in [1.82, 2.24) is 0 Å². The zero-order chi connectivity index (χ0) is 0. The van der Waals surface area contributed by atoms with Crippen LogP contribution in [0.5, 0.6) is 0 Å². The molecule has 1 nitrogen and oxygen atoms in total. The first kappa shape index (κ1) is 39.3. The van der Waals surface area contributed by atoms with E-state index in [1.807, 2.05) is 0 Å². The molecule has 0 rings (SSSR count). The van der Waals surface area contributed by atoms with E-state index in [4.69, 9.17) is 0 Å². The van der Waals surface area contributed by atoms with E-state index >= 15 is 0 Å². The fraction of sp³-hybridized carbons (Fsp3) is 0. The molecule has 4 heavy (non-hydrogen) atoms. The summed E-state index contributed by atoms with van der Waals surface area (Å²) in [7, 11) is 0. The Balaban J connectivity index is 0. The zero-order valence-corrected chi connectivity index (χ0v) is 4.59. The third-order valence-corrected chi connectivity index (χ3v) is 0. The van der Waals surface area contributed by atoms with Gasteiger partial charge in [-0.1, -0.05) is 0 Å². The smallest absolute Gasteiger partial charge is 0.187 e. The Kier molecular flexibility index (Phi) is 203. The van der Waals surface area contributed by atoms with Crippen LogP contribution < -0.4 is 0 Å². The van der Waals surface area contributed by atoms with Crippen LogP contribution in [0, 0.1) is 0 Å². The average molecular weight is 257 g/mol. The first-order chi connectivity index (χ1) is 0. The minimum absolute atomic E-state index is 0. The van der Waals surface area contributed by atoms with Gasteiger partial charge in [-0.25, -0.2) is 0 Å². The van der Waals surface area contributed by atoms with Crippen LogP contribution >= 0.6 is 0 Å². The molecule has 0 aromatic rings. The standard InChI is InChI=1S/2Al.Hf.H2O.6H/h;;;1H2;;;;;;. The van der Waals surface area contributed by atoms with Crippen LogP contribution in [0.1, 0.15) is 0 Å². The van der Waals surface area contributed by atoms with Crippen LogP contribution in [0.4, 0.5) is 0 Å². The fourth-order valence-electron chi connectivity index (χ4n) is 0. The SMILES string of the molecule is O.[AlH3].[AlH3].[Hf]. The second kappa shape index (κ2) is 20.7. The maximum atomic E-state index is 0. The summed E-state index contributed by atoms with van der Waals surface area (Å²) in [6.07, 6.45) is 0. The average Bonchev–Trinajstić information content (AvgIpc) is 0. The quantitative estimate of drug-likeness (QED) is 0.409. The van der Waals surface area contributed by atoms with Gasteiger partial charge in [-0.2, -0.15) is 0 Å². The minimum atomic E-state index is 0. The summed E-state index contributed by atoms with van der Waals surface area (Å²) in [6.45, 7) is 0. The summed E-state index contributed by atoms with van der Waals surface area (Å²) in [4.78, 5) is 0. The minimum Gasteiger partial charge on any atom is -0.412 e. The van der Waals surface area contributed by atoms with Gasteiger partial charge in [0.25, 0.3) is 0 Å². The Morgan fingerprint density at radius 2 is 0.750 bits per heavy atom. The summed E-state index contributed by atoms with van der Waals surface area (Å²) in [5, 5.41) is 0. The number of hydrogen-bond donors (Lipinski definition) is 0. The summed E-state index contributed by atoms with van der Waals surface area (Å²) in [5.74, 6) is 0. The summed E-state index contributed by atoms with van der Waals surface area (Å²) in [6, 6.07) is 0. The molecule has 4 heteroatoms. The van der Waals surface area contributed by atoms with Gasteiger partial charge in [0.1, 0.15) is 0 Å². The molecular formula is H8Al2HfO. The summed E-state index contributed by atoms with van der Waals surface area (Å²) < 4.78 is 0. The van der Waals surface area contributed by atoms with Crippen LogP contribution in [0.15, 0.2) is 0 Å². The van der Waals surface area contributed by atoms with Gasteiger partial charge in [-0.05, 0) is 0 Å². The van der Waals surface area contributed by atoms with Crippen molar-refractivity contribution in [3.05, 3.63) is 0 Å². The Bertz CT molecular complexity index is 6.00. The predicted octanol–water partition coefficient (Wildman–Crippen LogP) is -3.20. The van der Waals surface area contributed by atoms with Crippen molar-refractivity contribution in [2.45, 2.75) is 0 Å². The van der Waals surface area contributed by atoms with Crippen molar-refractivity contribution in [2.24, 2.45) is 0 Å². The predicted molar refractivity (Wildman–Crippen MR) is 23.5 cm³/mol. The van der Waals surface area contributed by atoms with E-state index in [1.165, 1.54) is 0 Å². The van der Waals surface area contributed by atoms with Gasteiger partial charge in [0.15, 0.2) is 34.7 Å². The van der Waals surface area contributed by atoms with Crippen molar-refractivity contribution >= 4 is 34.7 Å². The third-order valence-electron chi connectivity index (χ3n) is 0. The summed E-state index contributed by atoms with van der Waals surface area (Å²) >= 11 is 0. The fourth-order valence-corrected chi connectivity index (χ4v) is 0. The van der Waals surface area contributed by atoms with Crippen molar-refractivity contribution in [3.63, 3.8) is 0 Å². The topological polar surface area (TPSA) is 31.5 Å². The maximum absolute atomic E-state index is 0. The Labute approximate surface area is 65.5 Å². The molecule has 0 bridgehead atoms. The molecule has 2 N–H and O–H groups in total. The van der Waals surface area contributed by atoms with E-state index in [2.05, 4.69) is 0 Å². The zero-order valence-electron chi connectivity index (χ0n) is 1.00. The number of hydrogen-bond acceptors (Lipinski definition) is 0. The van der Waals surface area contributed by atoms with Gasteiger partial charge >= 0.3 is 0 Å².